The molecule has 24 heavy (non-hydrogen) atoms. The Morgan fingerprint density at radius 2 is 1.96 bits per heavy atom. The maximum atomic E-state index is 14.1. The number of piperazine rings is 1. The molecule has 0 spiro atoms. The van der Waals surface area contributed by atoms with Crippen molar-refractivity contribution >= 4 is 11.8 Å². The molecule has 0 bridgehead atoms. The van der Waals surface area contributed by atoms with Crippen LogP contribution >= 0.6 is 0 Å². The highest BCUT2D eigenvalue weighted by atomic mass is 19.2. The van der Waals surface area contributed by atoms with Crippen molar-refractivity contribution in [3.05, 3.63) is 29.3 Å². The number of rotatable bonds is 4. The molecule has 7 heteroatoms. The number of ether oxygens (including phenoxy) is 1. The smallest absolute Gasteiger partial charge is 0.257 e. The third kappa shape index (κ3) is 3.34. The molecule has 0 radical (unpaired) electrons. The van der Waals surface area contributed by atoms with Crippen LogP contribution in [0.1, 0.15) is 31.1 Å². The van der Waals surface area contributed by atoms with Gasteiger partial charge in [-0.3, -0.25) is 9.59 Å². The lowest BCUT2D eigenvalue weighted by atomic mass is 10.1. The molecular weight excluding hydrogens is 318 g/mol. The second-order valence-electron chi connectivity index (χ2n) is 6.30. The lowest BCUT2D eigenvalue weighted by molar-refractivity contribution is -0.140. The first-order valence-corrected chi connectivity index (χ1v) is 7.89. The van der Waals surface area contributed by atoms with Gasteiger partial charge in [0.2, 0.25) is 11.7 Å². The van der Waals surface area contributed by atoms with E-state index in [4.69, 9.17) is 4.74 Å². The summed E-state index contributed by atoms with van der Waals surface area (Å²) in [7, 11) is 1.22. The number of benzene rings is 1. The van der Waals surface area contributed by atoms with E-state index >= 15 is 0 Å². The van der Waals surface area contributed by atoms with Crippen molar-refractivity contribution in [1.82, 2.24) is 9.80 Å². The summed E-state index contributed by atoms with van der Waals surface area (Å²) in [5, 5.41) is 0. The summed E-state index contributed by atoms with van der Waals surface area (Å²) < 4.78 is 32.6. The van der Waals surface area contributed by atoms with Gasteiger partial charge in [-0.05, 0) is 25.0 Å². The lowest BCUT2D eigenvalue weighted by Gasteiger charge is -2.39. The fraction of sp³-hybridized carbons (Fsp3) is 0.529. The van der Waals surface area contributed by atoms with Crippen molar-refractivity contribution in [3.8, 4) is 5.75 Å². The summed E-state index contributed by atoms with van der Waals surface area (Å²) >= 11 is 0. The highest BCUT2D eigenvalue weighted by Gasteiger charge is 2.36. The first kappa shape index (κ1) is 18.2. The zero-order chi connectivity index (χ0) is 18.0. The Morgan fingerprint density at radius 3 is 2.54 bits per heavy atom. The minimum Gasteiger partial charge on any atom is -0.494 e. The predicted octanol–water partition coefficient (Wildman–Crippen LogP) is 2.30. The van der Waals surface area contributed by atoms with Crippen LogP contribution < -0.4 is 4.74 Å². The Bertz CT molecular complexity index is 649. The standard InChI is InChI=1S/C17H22F2N2O3/c1-10(2)9-20-7-8-21(11(3)16(20)22)17(23)12-5-6-13(24-4)15(19)14(12)18/h5-6,10-11H,7-9H2,1-4H3/t11-/m1/s1. The van der Waals surface area contributed by atoms with Crippen molar-refractivity contribution in [2.45, 2.75) is 26.8 Å². The van der Waals surface area contributed by atoms with Gasteiger partial charge >= 0.3 is 0 Å². The van der Waals surface area contributed by atoms with Crippen LogP contribution in [0.25, 0.3) is 0 Å². The fourth-order valence-electron chi connectivity index (χ4n) is 2.84. The molecule has 0 saturated carbocycles. The molecule has 0 unspecified atom stereocenters. The number of halogens is 2. The average molecular weight is 340 g/mol. The Labute approximate surface area is 140 Å². The summed E-state index contributed by atoms with van der Waals surface area (Å²) in [6.07, 6.45) is 0. The van der Waals surface area contributed by atoms with Gasteiger partial charge in [-0.25, -0.2) is 4.39 Å². The van der Waals surface area contributed by atoms with Gasteiger partial charge in [0.25, 0.3) is 5.91 Å². The van der Waals surface area contributed by atoms with Crippen molar-refractivity contribution < 1.29 is 23.1 Å². The molecule has 132 valence electrons. The number of carbonyl (C=O) groups excluding carboxylic acids is 2. The van der Waals surface area contributed by atoms with Gasteiger partial charge in [-0.2, -0.15) is 4.39 Å². The van der Waals surface area contributed by atoms with E-state index in [2.05, 4.69) is 0 Å². The van der Waals surface area contributed by atoms with Crippen LogP contribution in [-0.4, -0.2) is 54.4 Å². The molecule has 1 aliphatic rings. The Balaban J connectivity index is 2.22. The summed E-state index contributed by atoms with van der Waals surface area (Å²) in [6.45, 7) is 6.89. The van der Waals surface area contributed by atoms with Gasteiger partial charge in [0.1, 0.15) is 6.04 Å². The third-order valence-electron chi connectivity index (χ3n) is 4.09. The maximum Gasteiger partial charge on any atom is 0.257 e. The summed E-state index contributed by atoms with van der Waals surface area (Å²) in [5.41, 5.74) is -0.398. The number of hydrogen-bond donors (Lipinski definition) is 0. The van der Waals surface area contributed by atoms with Crippen molar-refractivity contribution in [1.29, 1.82) is 0 Å². The van der Waals surface area contributed by atoms with Crippen LogP contribution in [0.4, 0.5) is 8.78 Å². The van der Waals surface area contributed by atoms with Gasteiger partial charge in [0.15, 0.2) is 11.6 Å². The molecule has 2 rings (SSSR count). The summed E-state index contributed by atoms with van der Waals surface area (Å²) in [5.74, 6) is -3.30. The van der Waals surface area contributed by atoms with Crippen LogP contribution in [0.15, 0.2) is 12.1 Å². The molecule has 1 saturated heterocycles. The van der Waals surface area contributed by atoms with Crippen LogP contribution in [0.3, 0.4) is 0 Å². The molecule has 1 aromatic rings. The number of amides is 2. The first-order chi connectivity index (χ1) is 11.3. The van der Waals surface area contributed by atoms with Gasteiger partial charge in [-0.1, -0.05) is 13.8 Å². The molecule has 0 N–H and O–H groups in total. The van der Waals surface area contributed by atoms with Gasteiger partial charge in [-0.15, -0.1) is 0 Å². The van der Waals surface area contributed by atoms with E-state index in [9.17, 15) is 18.4 Å². The first-order valence-electron chi connectivity index (χ1n) is 7.89. The molecule has 1 aliphatic heterocycles. The molecule has 1 aromatic carbocycles. The van der Waals surface area contributed by atoms with Crippen LogP contribution in [-0.2, 0) is 4.79 Å². The Kier molecular flexibility index (Phi) is 5.41. The van der Waals surface area contributed by atoms with E-state index in [0.717, 1.165) is 0 Å². The third-order valence-corrected chi connectivity index (χ3v) is 4.09. The fourth-order valence-corrected chi connectivity index (χ4v) is 2.84. The zero-order valence-electron chi connectivity index (χ0n) is 14.3. The van der Waals surface area contributed by atoms with Crippen molar-refractivity contribution in [2.75, 3.05) is 26.7 Å². The highest BCUT2D eigenvalue weighted by molar-refractivity contribution is 5.98. The predicted molar refractivity (Wildman–Crippen MR) is 84.8 cm³/mol. The highest BCUT2D eigenvalue weighted by Crippen LogP contribution is 2.25. The maximum absolute atomic E-state index is 14.1. The Morgan fingerprint density at radius 1 is 1.29 bits per heavy atom. The van der Waals surface area contributed by atoms with E-state index < -0.39 is 29.1 Å². The molecule has 0 aliphatic carbocycles. The minimum atomic E-state index is -1.26. The number of methoxy groups -OCH3 is 1. The van der Waals surface area contributed by atoms with Crippen LogP contribution in [0, 0.1) is 17.6 Å². The topological polar surface area (TPSA) is 49.9 Å². The van der Waals surface area contributed by atoms with Gasteiger partial charge in [0, 0.05) is 19.6 Å². The molecule has 1 heterocycles. The molecule has 5 nitrogen and oxygen atoms in total. The van der Waals surface area contributed by atoms with Crippen molar-refractivity contribution in [3.63, 3.8) is 0 Å². The molecule has 0 aromatic heterocycles. The second-order valence-corrected chi connectivity index (χ2v) is 6.30. The van der Waals surface area contributed by atoms with Crippen LogP contribution in [0.2, 0.25) is 0 Å². The average Bonchev–Trinajstić information content (AvgIpc) is 2.53. The Hall–Kier alpha value is -2.18. The molecule has 1 atom stereocenters. The van der Waals surface area contributed by atoms with Gasteiger partial charge < -0.3 is 14.5 Å². The number of hydrogen-bond acceptors (Lipinski definition) is 3. The molecular formula is C17H22F2N2O3. The number of carbonyl (C=O) groups is 2. The largest absolute Gasteiger partial charge is 0.494 e. The molecule has 2 amide bonds. The van der Waals surface area contributed by atoms with E-state index in [1.54, 1.807) is 11.8 Å². The number of nitrogens with zero attached hydrogens (tertiary/aromatic N) is 2. The van der Waals surface area contributed by atoms with E-state index in [1.807, 2.05) is 13.8 Å². The lowest BCUT2D eigenvalue weighted by Crippen LogP contribution is -2.58. The summed E-state index contributed by atoms with van der Waals surface area (Å²) in [4.78, 5) is 27.9. The zero-order valence-corrected chi connectivity index (χ0v) is 14.3. The van der Waals surface area contributed by atoms with Gasteiger partial charge in [0.05, 0.1) is 12.7 Å². The molecule has 1 fully saturated rings. The normalized spacial score (nSPS) is 18.3. The SMILES string of the molecule is COc1ccc(C(=O)N2CCN(CC(C)C)C(=O)[C@H]2C)c(F)c1F. The quantitative estimate of drug-likeness (QED) is 0.845. The minimum absolute atomic E-state index is 0.183. The van der Waals surface area contributed by atoms with Crippen molar-refractivity contribution in [2.24, 2.45) is 5.92 Å². The van der Waals surface area contributed by atoms with E-state index in [-0.39, 0.29) is 18.2 Å². The second kappa shape index (κ2) is 7.15. The summed E-state index contributed by atoms with van der Waals surface area (Å²) in [6, 6.07) is 1.67. The van der Waals surface area contributed by atoms with E-state index in [1.165, 1.54) is 24.1 Å². The monoisotopic (exact) mass is 340 g/mol. The van der Waals surface area contributed by atoms with Crippen LogP contribution in [0.5, 0.6) is 5.75 Å². The van der Waals surface area contributed by atoms with E-state index in [0.29, 0.717) is 19.0 Å².